The standard InChI is InChI=1S/C21H24N4OS/c1-16(18-11-7-4-8-12-18)22-20(26)15-27-21-24-23-19(25(21)2)14-13-17-9-5-3-6-10-17/h3-12,16H,13-15H2,1-2H3,(H,22,26). The smallest absolute Gasteiger partial charge is 0.230 e. The Morgan fingerprint density at radius 3 is 2.41 bits per heavy atom. The topological polar surface area (TPSA) is 59.8 Å². The number of nitrogens with zero attached hydrogens (tertiary/aromatic N) is 3. The molecule has 27 heavy (non-hydrogen) atoms. The molecule has 3 rings (SSSR count). The van der Waals surface area contributed by atoms with Crippen LogP contribution in [0, 0.1) is 0 Å². The SMILES string of the molecule is CC(NC(=O)CSc1nnc(CCc2ccccc2)n1C)c1ccccc1. The van der Waals surface area contributed by atoms with Gasteiger partial charge >= 0.3 is 0 Å². The van der Waals surface area contributed by atoms with Crippen LogP contribution in [-0.2, 0) is 24.7 Å². The number of aryl methyl sites for hydroxylation is 2. The van der Waals surface area contributed by atoms with Gasteiger partial charge in [-0.15, -0.1) is 10.2 Å². The number of hydrogen-bond acceptors (Lipinski definition) is 4. The summed E-state index contributed by atoms with van der Waals surface area (Å²) >= 11 is 1.41. The van der Waals surface area contributed by atoms with Gasteiger partial charge in [-0.3, -0.25) is 4.79 Å². The van der Waals surface area contributed by atoms with Crippen LogP contribution in [0.4, 0.5) is 0 Å². The zero-order valence-electron chi connectivity index (χ0n) is 15.6. The van der Waals surface area contributed by atoms with Crippen molar-refractivity contribution >= 4 is 17.7 Å². The lowest BCUT2D eigenvalue weighted by atomic mass is 10.1. The number of amides is 1. The Bertz CT molecular complexity index is 864. The number of carbonyl (C=O) groups is 1. The van der Waals surface area contributed by atoms with Crippen molar-refractivity contribution in [1.82, 2.24) is 20.1 Å². The fourth-order valence-corrected chi connectivity index (χ4v) is 3.57. The van der Waals surface area contributed by atoms with Crippen molar-refractivity contribution in [3.63, 3.8) is 0 Å². The Balaban J connectivity index is 1.49. The molecule has 0 bridgehead atoms. The van der Waals surface area contributed by atoms with Crippen LogP contribution >= 0.6 is 11.8 Å². The van der Waals surface area contributed by atoms with Gasteiger partial charge in [-0.25, -0.2) is 0 Å². The molecule has 0 aliphatic carbocycles. The van der Waals surface area contributed by atoms with Crippen LogP contribution in [0.5, 0.6) is 0 Å². The normalized spacial score (nSPS) is 11.9. The summed E-state index contributed by atoms with van der Waals surface area (Å²) in [4.78, 5) is 12.2. The Labute approximate surface area is 164 Å². The molecule has 3 aromatic rings. The second-order valence-electron chi connectivity index (χ2n) is 6.43. The molecule has 0 aliphatic heterocycles. The summed E-state index contributed by atoms with van der Waals surface area (Å²) in [6, 6.07) is 20.3. The van der Waals surface area contributed by atoms with E-state index < -0.39 is 0 Å². The highest BCUT2D eigenvalue weighted by atomic mass is 32.2. The maximum Gasteiger partial charge on any atom is 0.230 e. The van der Waals surface area contributed by atoms with E-state index in [1.54, 1.807) is 0 Å². The molecule has 5 nitrogen and oxygen atoms in total. The number of thioether (sulfide) groups is 1. The molecule has 1 heterocycles. The van der Waals surface area contributed by atoms with Gasteiger partial charge in [0.25, 0.3) is 0 Å². The molecular weight excluding hydrogens is 356 g/mol. The summed E-state index contributed by atoms with van der Waals surface area (Å²) in [6.45, 7) is 1.99. The van der Waals surface area contributed by atoms with E-state index in [1.807, 2.05) is 67.1 Å². The van der Waals surface area contributed by atoms with Gasteiger partial charge in [0, 0.05) is 13.5 Å². The number of hydrogen-bond donors (Lipinski definition) is 1. The van der Waals surface area contributed by atoms with Crippen LogP contribution in [0.1, 0.15) is 29.9 Å². The van der Waals surface area contributed by atoms with Gasteiger partial charge in [-0.1, -0.05) is 72.4 Å². The van der Waals surface area contributed by atoms with Crippen molar-refractivity contribution in [2.75, 3.05) is 5.75 Å². The largest absolute Gasteiger partial charge is 0.349 e. The molecule has 1 aromatic heterocycles. The van der Waals surface area contributed by atoms with Gasteiger partial charge in [-0.05, 0) is 24.5 Å². The Hall–Kier alpha value is -2.60. The number of benzene rings is 2. The van der Waals surface area contributed by atoms with Gasteiger partial charge in [0.1, 0.15) is 5.82 Å². The molecule has 1 unspecified atom stereocenters. The van der Waals surface area contributed by atoms with E-state index in [1.165, 1.54) is 17.3 Å². The quantitative estimate of drug-likeness (QED) is 0.607. The molecule has 6 heteroatoms. The van der Waals surface area contributed by atoms with Gasteiger partial charge in [0.15, 0.2) is 5.16 Å². The molecule has 1 atom stereocenters. The summed E-state index contributed by atoms with van der Waals surface area (Å²) in [7, 11) is 1.95. The lowest BCUT2D eigenvalue weighted by molar-refractivity contribution is -0.119. The summed E-state index contributed by atoms with van der Waals surface area (Å²) in [5.74, 6) is 1.24. The van der Waals surface area contributed by atoms with Gasteiger partial charge in [-0.2, -0.15) is 0 Å². The summed E-state index contributed by atoms with van der Waals surface area (Å²) < 4.78 is 1.97. The van der Waals surface area contributed by atoms with Crippen molar-refractivity contribution in [2.24, 2.45) is 7.05 Å². The van der Waals surface area contributed by atoms with Crippen molar-refractivity contribution < 1.29 is 4.79 Å². The van der Waals surface area contributed by atoms with E-state index in [0.717, 1.165) is 29.4 Å². The highest BCUT2D eigenvalue weighted by molar-refractivity contribution is 7.99. The first kappa shape index (κ1) is 19.2. The second kappa shape index (κ2) is 9.37. The molecule has 0 aliphatic rings. The number of nitrogens with one attached hydrogen (secondary N) is 1. The van der Waals surface area contributed by atoms with E-state index in [0.29, 0.717) is 5.75 Å². The number of aromatic nitrogens is 3. The maximum absolute atomic E-state index is 12.2. The van der Waals surface area contributed by atoms with Gasteiger partial charge in [0.2, 0.25) is 5.91 Å². The fraction of sp³-hybridized carbons (Fsp3) is 0.286. The third-order valence-electron chi connectivity index (χ3n) is 4.41. The van der Waals surface area contributed by atoms with Crippen LogP contribution in [-0.4, -0.2) is 26.4 Å². The Morgan fingerprint density at radius 2 is 1.70 bits per heavy atom. The first-order valence-corrected chi connectivity index (χ1v) is 10.0. The zero-order chi connectivity index (χ0) is 19.1. The molecule has 0 saturated heterocycles. The van der Waals surface area contributed by atoms with Crippen molar-refractivity contribution in [3.05, 3.63) is 77.6 Å². The van der Waals surface area contributed by atoms with E-state index in [9.17, 15) is 4.79 Å². The average molecular weight is 381 g/mol. The Kier molecular flexibility index (Phi) is 6.65. The number of carbonyl (C=O) groups excluding carboxylic acids is 1. The summed E-state index contributed by atoms with van der Waals surface area (Å²) in [5, 5.41) is 12.3. The molecule has 2 aromatic carbocycles. The lowest BCUT2D eigenvalue weighted by Crippen LogP contribution is -2.28. The third-order valence-corrected chi connectivity index (χ3v) is 5.43. The monoisotopic (exact) mass is 380 g/mol. The predicted molar refractivity (Wildman–Crippen MR) is 109 cm³/mol. The van der Waals surface area contributed by atoms with Crippen LogP contribution in [0.3, 0.4) is 0 Å². The van der Waals surface area contributed by atoms with E-state index in [4.69, 9.17) is 0 Å². The highest BCUT2D eigenvalue weighted by Crippen LogP contribution is 2.17. The summed E-state index contributed by atoms with van der Waals surface area (Å²) in [6.07, 6.45) is 1.75. The van der Waals surface area contributed by atoms with Crippen LogP contribution < -0.4 is 5.32 Å². The minimum atomic E-state index is -0.0137. The van der Waals surface area contributed by atoms with Crippen molar-refractivity contribution in [2.45, 2.75) is 31.0 Å². The van der Waals surface area contributed by atoms with Crippen molar-refractivity contribution in [3.8, 4) is 0 Å². The molecular formula is C21H24N4OS. The van der Waals surface area contributed by atoms with Crippen LogP contribution in [0.25, 0.3) is 0 Å². The molecule has 140 valence electrons. The second-order valence-corrected chi connectivity index (χ2v) is 7.37. The van der Waals surface area contributed by atoms with E-state index >= 15 is 0 Å². The molecule has 1 N–H and O–H groups in total. The molecule has 0 radical (unpaired) electrons. The minimum Gasteiger partial charge on any atom is -0.349 e. The average Bonchev–Trinajstić information content (AvgIpc) is 3.06. The van der Waals surface area contributed by atoms with E-state index in [2.05, 4.69) is 27.6 Å². The highest BCUT2D eigenvalue weighted by Gasteiger charge is 2.13. The third kappa shape index (κ3) is 5.44. The van der Waals surface area contributed by atoms with Gasteiger partial charge < -0.3 is 9.88 Å². The first-order chi connectivity index (χ1) is 13.1. The minimum absolute atomic E-state index is 0.00908. The molecule has 0 spiro atoms. The Morgan fingerprint density at radius 1 is 1.04 bits per heavy atom. The predicted octanol–water partition coefficient (Wildman–Crippen LogP) is 3.57. The van der Waals surface area contributed by atoms with Crippen LogP contribution in [0.2, 0.25) is 0 Å². The van der Waals surface area contributed by atoms with Crippen molar-refractivity contribution in [1.29, 1.82) is 0 Å². The van der Waals surface area contributed by atoms with E-state index in [-0.39, 0.29) is 11.9 Å². The fourth-order valence-electron chi connectivity index (χ4n) is 2.83. The van der Waals surface area contributed by atoms with Crippen LogP contribution in [0.15, 0.2) is 65.8 Å². The summed E-state index contributed by atoms with van der Waals surface area (Å²) in [5.41, 5.74) is 2.38. The zero-order valence-corrected chi connectivity index (χ0v) is 16.4. The molecule has 0 saturated carbocycles. The maximum atomic E-state index is 12.2. The lowest BCUT2D eigenvalue weighted by Gasteiger charge is -2.13. The number of rotatable bonds is 8. The van der Waals surface area contributed by atoms with Gasteiger partial charge in [0.05, 0.1) is 11.8 Å². The molecule has 0 fully saturated rings. The first-order valence-electron chi connectivity index (χ1n) is 9.03. The molecule has 1 amide bonds.